The quantitative estimate of drug-likeness (QED) is 0.606. The van der Waals surface area contributed by atoms with Gasteiger partial charge in [-0.15, -0.1) is 0 Å². The van der Waals surface area contributed by atoms with Crippen LogP contribution in [0.5, 0.6) is 0 Å². The van der Waals surface area contributed by atoms with Gasteiger partial charge in [-0.05, 0) is 68.1 Å². The molecule has 0 aromatic heterocycles. The molecule has 0 radical (unpaired) electrons. The second-order valence-corrected chi connectivity index (χ2v) is 7.66. The van der Waals surface area contributed by atoms with Crippen molar-refractivity contribution in [3.63, 3.8) is 0 Å². The molecule has 6 heteroatoms. The standard InChI is InChI=1S/C21H24FN3O2/c1-13-11-21(2,3)25(4)19-10-18(22)15(9-17(13)19)12-23-24-16-7-5-14(6-8-16)20(26)27/h5-10,12-13,24H,11H2,1-4H3,(H,26,27)/b23-12+. The number of anilines is 2. The number of carbonyl (C=O) groups is 1. The summed E-state index contributed by atoms with van der Waals surface area (Å²) in [6, 6.07) is 9.64. The predicted octanol–water partition coefficient (Wildman–Crippen LogP) is 4.69. The van der Waals surface area contributed by atoms with Crippen LogP contribution >= 0.6 is 0 Å². The van der Waals surface area contributed by atoms with Crippen LogP contribution in [0.2, 0.25) is 0 Å². The van der Waals surface area contributed by atoms with Crippen LogP contribution in [0, 0.1) is 5.82 Å². The molecule has 3 rings (SSSR count). The molecule has 1 unspecified atom stereocenters. The Balaban J connectivity index is 1.81. The van der Waals surface area contributed by atoms with Gasteiger partial charge in [0, 0.05) is 23.8 Å². The van der Waals surface area contributed by atoms with E-state index in [0.29, 0.717) is 17.2 Å². The van der Waals surface area contributed by atoms with E-state index in [0.717, 1.165) is 17.7 Å². The van der Waals surface area contributed by atoms with Crippen molar-refractivity contribution in [1.82, 2.24) is 0 Å². The SMILES string of the molecule is CC1CC(C)(C)N(C)c2cc(F)c(/C=N/Nc3ccc(C(=O)O)cc3)cc21. The molecule has 1 heterocycles. The van der Waals surface area contributed by atoms with Crippen LogP contribution in [0.1, 0.15) is 54.6 Å². The number of nitrogens with one attached hydrogen (secondary N) is 1. The molecular weight excluding hydrogens is 345 g/mol. The molecule has 0 amide bonds. The number of halogens is 1. The van der Waals surface area contributed by atoms with Crippen molar-refractivity contribution in [2.24, 2.45) is 5.10 Å². The maximum atomic E-state index is 14.6. The van der Waals surface area contributed by atoms with E-state index in [1.165, 1.54) is 18.3 Å². The maximum Gasteiger partial charge on any atom is 0.335 e. The molecule has 1 aliphatic heterocycles. The lowest BCUT2D eigenvalue weighted by Crippen LogP contribution is -2.45. The van der Waals surface area contributed by atoms with Crippen molar-refractivity contribution in [1.29, 1.82) is 0 Å². The van der Waals surface area contributed by atoms with E-state index in [4.69, 9.17) is 5.11 Å². The summed E-state index contributed by atoms with van der Waals surface area (Å²) >= 11 is 0. The van der Waals surface area contributed by atoms with Crippen LogP contribution in [-0.4, -0.2) is 29.9 Å². The summed E-state index contributed by atoms with van der Waals surface area (Å²) in [5.74, 6) is -0.976. The van der Waals surface area contributed by atoms with E-state index < -0.39 is 5.97 Å². The van der Waals surface area contributed by atoms with Crippen molar-refractivity contribution >= 4 is 23.6 Å². The van der Waals surface area contributed by atoms with Gasteiger partial charge in [0.1, 0.15) is 5.82 Å². The molecule has 27 heavy (non-hydrogen) atoms. The molecule has 1 atom stereocenters. The molecule has 142 valence electrons. The van der Waals surface area contributed by atoms with Gasteiger partial charge in [-0.25, -0.2) is 9.18 Å². The third kappa shape index (κ3) is 3.79. The molecule has 1 aliphatic rings. The molecule has 2 aromatic rings. The summed E-state index contributed by atoms with van der Waals surface area (Å²) in [4.78, 5) is 13.0. The van der Waals surface area contributed by atoms with Crippen molar-refractivity contribution in [3.05, 3.63) is 58.9 Å². The Morgan fingerprint density at radius 2 is 2.00 bits per heavy atom. The molecule has 0 aliphatic carbocycles. The van der Waals surface area contributed by atoms with Crippen LogP contribution in [-0.2, 0) is 0 Å². The molecule has 2 aromatic carbocycles. The van der Waals surface area contributed by atoms with Gasteiger partial charge in [0.25, 0.3) is 0 Å². The van der Waals surface area contributed by atoms with E-state index in [1.54, 1.807) is 18.2 Å². The number of aromatic carboxylic acids is 1. The summed E-state index contributed by atoms with van der Waals surface area (Å²) in [7, 11) is 2.00. The second kappa shape index (κ2) is 7.02. The molecule has 0 saturated heterocycles. The Kier molecular flexibility index (Phi) is 4.91. The average Bonchev–Trinajstić information content (AvgIpc) is 2.61. The fourth-order valence-electron chi connectivity index (χ4n) is 3.57. The lowest BCUT2D eigenvalue weighted by molar-refractivity contribution is 0.0697. The Hall–Kier alpha value is -2.89. The molecule has 5 nitrogen and oxygen atoms in total. The first-order valence-electron chi connectivity index (χ1n) is 8.89. The summed E-state index contributed by atoms with van der Waals surface area (Å²) in [5, 5.41) is 13.0. The summed E-state index contributed by atoms with van der Waals surface area (Å²) < 4.78 is 14.6. The highest BCUT2D eigenvalue weighted by molar-refractivity contribution is 5.88. The number of hydrogen-bond donors (Lipinski definition) is 2. The normalized spacial score (nSPS) is 18.4. The summed E-state index contributed by atoms with van der Waals surface area (Å²) in [6.45, 7) is 6.49. The number of nitrogens with zero attached hydrogens (tertiary/aromatic N) is 2. The van der Waals surface area contributed by atoms with Crippen LogP contribution in [0.4, 0.5) is 15.8 Å². The molecule has 0 saturated carbocycles. The van der Waals surface area contributed by atoms with Gasteiger partial charge in [0.15, 0.2) is 0 Å². The molecule has 0 fully saturated rings. The van der Waals surface area contributed by atoms with Crippen LogP contribution in [0.3, 0.4) is 0 Å². The summed E-state index contributed by atoms with van der Waals surface area (Å²) in [6.07, 6.45) is 2.44. The minimum Gasteiger partial charge on any atom is -0.478 e. The van der Waals surface area contributed by atoms with E-state index in [1.807, 2.05) is 13.1 Å². The predicted molar refractivity (Wildman–Crippen MR) is 107 cm³/mol. The van der Waals surface area contributed by atoms with Crippen molar-refractivity contribution in [2.45, 2.75) is 38.6 Å². The zero-order chi connectivity index (χ0) is 19.8. The fraction of sp³-hybridized carbons (Fsp3) is 0.333. The number of benzene rings is 2. The highest BCUT2D eigenvalue weighted by Gasteiger charge is 2.34. The van der Waals surface area contributed by atoms with E-state index >= 15 is 0 Å². The first-order chi connectivity index (χ1) is 12.7. The fourth-order valence-corrected chi connectivity index (χ4v) is 3.57. The largest absolute Gasteiger partial charge is 0.478 e. The van der Waals surface area contributed by atoms with Gasteiger partial charge >= 0.3 is 5.97 Å². The maximum absolute atomic E-state index is 14.6. The Morgan fingerprint density at radius 1 is 1.33 bits per heavy atom. The third-order valence-electron chi connectivity index (χ3n) is 5.28. The van der Waals surface area contributed by atoms with Crippen molar-refractivity contribution in [3.8, 4) is 0 Å². The smallest absolute Gasteiger partial charge is 0.335 e. The lowest BCUT2D eigenvalue weighted by Gasteiger charge is -2.45. The number of hydrogen-bond acceptors (Lipinski definition) is 4. The van der Waals surface area contributed by atoms with Crippen molar-refractivity contribution in [2.75, 3.05) is 17.4 Å². The number of carboxylic acids is 1. The lowest BCUT2D eigenvalue weighted by atomic mass is 9.80. The number of carboxylic acid groups (broad SMARTS) is 1. The number of rotatable bonds is 4. The molecule has 0 spiro atoms. The topological polar surface area (TPSA) is 64.9 Å². The number of fused-ring (bicyclic) bond motifs is 1. The van der Waals surface area contributed by atoms with Crippen LogP contribution in [0.15, 0.2) is 41.5 Å². The van der Waals surface area contributed by atoms with Gasteiger partial charge in [0.05, 0.1) is 17.5 Å². The molecule has 2 N–H and O–H groups in total. The molecular formula is C21H24FN3O2. The highest BCUT2D eigenvalue weighted by atomic mass is 19.1. The van der Waals surface area contributed by atoms with E-state index in [2.05, 4.69) is 36.2 Å². The highest BCUT2D eigenvalue weighted by Crippen LogP contribution is 2.43. The average molecular weight is 369 g/mol. The van der Waals surface area contributed by atoms with E-state index in [-0.39, 0.29) is 16.9 Å². The van der Waals surface area contributed by atoms with E-state index in [9.17, 15) is 9.18 Å². The summed E-state index contributed by atoms with van der Waals surface area (Å²) in [5.41, 5.74) is 6.07. The first kappa shape index (κ1) is 18.9. The van der Waals surface area contributed by atoms with Gasteiger partial charge in [-0.3, -0.25) is 5.43 Å². The Morgan fingerprint density at radius 3 is 2.63 bits per heavy atom. The van der Waals surface area contributed by atoms with Crippen LogP contribution in [0.25, 0.3) is 0 Å². The van der Waals surface area contributed by atoms with Gasteiger partial charge < -0.3 is 10.0 Å². The third-order valence-corrected chi connectivity index (χ3v) is 5.28. The van der Waals surface area contributed by atoms with Gasteiger partial charge in [-0.2, -0.15) is 5.10 Å². The monoisotopic (exact) mass is 369 g/mol. The second-order valence-electron chi connectivity index (χ2n) is 7.66. The first-order valence-corrected chi connectivity index (χ1v) is 8.89. The molecule has 0 bridgehead atoms. The van der Waals surface area contributed by atoms with Crippen LogP contribution < -0.4 is 10.3 Å². The minimum absolute atomic E-state index is 0.0157. The Bertz CT molecular complexity index is 891. The van der Waals surface area contributed by atoms with Crippen molar-refractivity contribution < 1.29 is 14.3 Å². The zero-order valence-corrected chi connectivity index (χ0v) is 16.0. The number of hydrazone groups is 1. The van der Waals surface area contributed by atoms with Gasteiger partial charge in [-0.1, -0.05) is 6.92 Å². The Labute approximate surface area is 158 Å². The minimum atomic E-state index is -0.983. The zero-order valence-electron chi connectivity index (χ0n) is 16.0. The van der Waals surface area contributed by atoms with Gasteiger partial charge in [0.2, 0.25) is 0 Å².